The maximum atomic E-state index is 5.91. The Labute approximate surface area is 145 Å². The van der Waals surface area contributed by atoms with Crippen LogP contribution in [-0.4, -0.2) is 4.98 Å². The zero-order valence-corrected chi connectivity index (χ0v) is 13.6. The molecule has 2 nitrogen and oxygen atoms in total. The molecule has 0 saturated heterocycles. The molecule has 0 fully saturated rings. The second kappa shape index (κ2) is 6.34. The van der Waals surface area contributed by atoms with Gasteiger partial charge in [0.25, 0.3) is 0 Å². The van der Waals surface area contributed by atoms with Crippen molar-refractivity contribution in [1.82, 2.24) is 4.98 Å². The highest BCUT2D eigenvalue weighted by atomic mass is 35.5. The number of fused-ring (bicyclic) bond motifs is 1. The Balaban J connectivity index is 1.58. The molecule has 24 heavy (non-hydrogen) atoms. The van der Waals surface area contributed by atoms with Crippen molar-refractivity contribution in [2.45, 2.75) is 0 Å². The third kappa shape index (κ3) is 3.10. The molecule has 0 radical (unpaired) electrons. The van der Waals surface area contributed by atoms with Crippen molar-refractivity contribution in [3.63, 3.8) is 0 Å². The monoisotopic (exact) mass is 331 g/mol. The van der Waals surface area contributed by atoms with Crippen LogP contribution in [0.25, 0.3) is 34.4 Å². The summed E-state index contributed by atoms with van der Waals surface area (Å²) in [7, 11) is 0. The molecule has 116 valence electrons. The third-order valence-electron chi connectivity index (χ3n) is 3.79. The van der Waals surface area contributed by atoms with Gasteiger partial charge in [-0.2, -0.15) is 0 Å². The number of pyridine rings is 1. The Hall–Kier alpha value is -2.84. The maximum absolute atomic E-state index is 5.91. The van der Waals surface area contributed by atoms with Crippen LogP contribution in [0.3, 0.4) is 0 Å². The minimum absolute atomic E-state index is 0.716. The molecule has 0 aliphatic rings. The number of aromatic nitrogens is 1. The van der Waals surface area contributed by atoms with E-state index in [1.165, 1.54) is 0 Å². The normalized spacial score (nSPS) is 11.4. The molecule has 0 unspecified atom stereocenters. The van der Waals surface area contributed by atoms with E-state index in [9.17, 15) is 0 Å². The van der Waals surface area contributed by atoms with Crippen LogP contribution in [0.2, 0.25) is 5.02 Å². The molecule has 4 rings (SSSR count). The molecule has 3 heteroatoms. The molecule has 0 N–H and O–H groups in total. The van der Waals surface area contributed by atoms with Gasteiger partial charge in [-0.1, -0.05) is 35.9 Å². The second-order valence-corrected chi connectivity index (χ2v) is 5.91. The van der Waals surface area contributed by atoms with Crippen LogP contribution in [0.5, 0.6) is 0 Å². The van der Waals surface area contributed by atoms with E-state index in [4.69, 9.17) is 16.0 Å². The van der Waals surface area contributed by atoms with E-state index in [0.717, 1.165) is 33.7 Å². The van der Waals surface area contributed by atoms with E-state index in [1.54, 1.807) is 0 Å². The lowest BCUT2D eigenvalue weighted by molar-refractivity contribution is 0.572. The van der Waals surface area contributed by atoms with E-state index in [-0.39, 0.29) is 0 Å². The van der Waals surface area contributed by atoms with Gasteiger partial charge in [-0.25, -0.2) is 4.98 Å². The zero-order chi connectivity index (χ0) is 16.4. The average Bonchev–Trinajstić information content (AvgIpc) is 3.09. The fraction of sp³-hybridized carbons (Fsp3) is 0. The largest absolute Gasteiger partial charge is 0.457 e. The summed E-state index contributed by atoms with van der Waals surface area (Å²) >= 11 is 5.91. The van der Waals surface area contributed by atoms with Crippen LogP contribution in [0.15, 0.2) is 77.2 Å². The second-order valence-electron chi connectivity index (χ2n) is 5.47. The Morgan fingerprint density at radius 3 is 2.50 bits per heavy atom. The first kappa shape index (κ1) is 14.7. The van der Waals surface area contributed by atoms with Crippen LogP contribution >= 0.6 is 11.6 Å². The van der Waals surface area contributed by atoms with Crippen molar-refractivity contribution >= 4 is 34.7 Å². The molecule has 2 heterocycles. The Kier molecular flexibility index (Phi) is 3.89. The van der Waals surface area contributed by atoms with Gasteiger partial charge in [-0.15, -0.1) is 0 Å². The predicted molar refractivity (Wildman–Crippen MR) is 99.8 cm³/mol. The number of hydrogen-bond acceptors (Lipinski definition) is 2. The first-order valence-electron chi connectivity index (χ1n) is 7.68. The quantitative estimate of drug-likeness (QED) is 0.439. The van der Waals surface area contributed by atoms with Crippen molar-refractivity contribution in [1.29, 1.82) is 0 Å². The number of furan rings is 1. The molecule has 2 aromatic carbocycles. The number of benzene rings is 2. The Morgan fingerprint density at radius 1 is 0.792 bits per heavy atom. The van der Waals surface area contributed by atoms with E-state index in [1.807, 2.05) is 72.8 Å². The summed E-state index contributed by atoms with van der Waals surface area (Å²) in [6, 6.07) is 23.7. The van der Waals surface area contributed by atoms with E-state index in [0.29, 0.717) is 5.02 Å². The van der Waals surface area contributed by atoms with Crippen LogP contribution in [-0.2, 0) is 0 Å². The molecule has 0 atom stereocenters. The SMILES string of the molecule is Clc1ccc(-c2ccc(/C=C/c3ccc4ccccc4n3)o2)cc1. The molecule has 0 aliphatic carbocycles. The molecular weight excluding hydrogens is 318 g/mol. The summed E-state index contributed by atoms with van der Waals surface area (Å²) in [6.07, 6.45) is 3.88. The predicted octanol–water partition coefficient (Wildman–Crippen LogP) is 6.32. The van der Waals surface area contributed by atoms with Gasteiger partial charge < -0.3 is 4.42 Å². The summed E-state index contributed by atoms with van der Waals surface area (Å²) in [5.41, 5.74) is 2.89. The number of rotatable bonds is 3. The summed E-state index contributed by atoms with van der Waals surface area (Å²) in [5, 5.41) is 1.85. The summed E-state index contributed by atoms with van der Waals surface area (Å²) in [5.74, 6) is 1.60. The molecule has 2 aromatic heterocycles. The van der Waals surface area contributed by atoms with Gasteiger partial charge in [0.2, 0.25) is 0 Å². The molecule has 0 aliphatic heterocycles. The lowest BCUT2D eigenvalue weighted by atomic mass is 10.2. The Morgan fingerprint density at radius 2 is 1.62 bits per heavy atom. The summed E-state index contributed by atoms with van der Waals surface area (Å²) in [4.78, 5) is 4.62. The molecule has 4 aromatic rings. The van der Waals surface area contributed by atoms with Gasteiger partial charge in [-0.05, 0) is 60.7 Å². The highest BCUT2D eigenvalue weighted by Gasteiger charge is 2.03. The van der Waals surface area contributed by atoms with Crippen molar-refractivity contribution in [2.75, 3.05) is 0 Å². The summed E-state index contributed by atoms with van der Waals surface area (Å²) in [6.45, 7) is 0. The van der Waals surface area contributed by atoms with Crippen molar-refractivity contribution in [3.8, 4) is 11.3 Å². The minimum atomic E-state index is 0.716. The zero-order valence-electron chi connectivity index (χ0n) is 12.8. The lowest BCUT2D eigenvalue weighted by Crippen LogP contribution is -1.82. The van der Waals surface area contributed by atoms with E-state index < -0.39 is 0 Å². The van der Waals surface area contributed by atoms with Gasteiger partial charge >= 0.3 is 0 Å². The highest BCUT2D eigenvalue weighted by molar-refractivity contribution is 6.30. The van der Waals surface area contributed by atoms with Gasteiger partial charge in [0.1, 0.15) is 11.5 Å². The Bertz CT molecular complexity index is 1020. The van der Waals surface area contributed by atoms with Crippen molar-refractivity contribution < 1.29 is 4.42 Å². The van der Waals surface area contributed by atoms with Gasteiger partial charge in [0.05, 0.1) is 11.2 Å². The van der Waals surface area contributed by atoms with Crippen LogP contribution in [0.4, 0.5) is 0 Å². The molecule has 0 amide bonds. The topological polar surface area (TPSA) is 26.0 Å². The van der Waals surface area contributed by atoms with Gasteiger partial charge in [0, 0.05) is 16.0 Å². The molecular formula is C21H14ClNO. The maximum Gasteiger partial charge on any atom is 0.134 e. The molecule has 0 bridgehead atoms. The van der Waals surface area contributed by atoms with Gasteiger partial charge in [-0.3, -0.25) is 0 Å². The summed E-state index contributed by atoms with van der Waals surface area (Å²) < 4.78 is 5.86. The van der Waals surface area contributed by atoms with E-state index in [2.05, 4.69) is 17.1 Å². The molecule has 0 spiro atoms. The third-order valence-corrected chi connectivity index (χ3v) is 4.05. The minimum Gasteiger partial charge on any atom is -0.457 e. The first-order chi connectivity index (χ1) is 11.8. The number of nitrogens with zero attached hydrogens (tertiary/aromatic N) is 1. The van der Waals surface area contributed by atoms with Crippen LogP contribution < -0.4 is 0 Å². The van der Waals surface area contributed by atoms with Crippen LogP contribution in [0, 0.1) is 0 Å². The van der Waals surface area contributed by atoms with Crippen molar-refractivity contribution in [3.05, 3.63) is 89.3 Å². The number of halogens is 1. The lowest BCUT2D eigenvalue weighted by Gasteiger charge is -1.98. The van der Waals surface area contributed by atoms with Gasteiger partial charge in [0.15, 0.2) is 0 Å². The van der Waals surface area contributed by atoms with E-state index >= 15 is 0 Å². The van der Waals surface area contributed by atoms with Crippen LogP contribution in [0.1, 0.15) is 11.5 Å². The average molecular weight is 332 g/mol. The number of hydrogen-bond donors (Lipinski definition) is 0. The number of para-hydroxylation sites is 1. The molecule has 0 saturated carbocycles. The fourth-order valence-electron chi connectivity index (χ4n) is 2.55. The first-order valence-corrected chi connectivity index (χ1v) is 8.05. The highest BCUT2D eigenvalue weighted by Crippen LogP contribution is 2.24. The smallest absolute Gasteiger partial charge is 0.134 e. The standard InChI is InChI=1S/C21H14ClNO/c22-17-8-5-16(6-9-17)21-14-13-19(24-21)12-11-18-10-7-15-3-1-2-4-20(15)23-18/h1-14H/b12-11+. The van der Waals surface area contributed by atoms with Crippen molar-refractivity contribution in [2.24, 2.45) is 0 Å². The fourth-order valence-corrected chi connectivity index (χ4v) is 2.68.